The minimum atomic E-state index is 0.495. The lowest BCUT2D eigenvalue weighted by molar-refractivity contribution is 0.757. The predicted molar refractivity (Wildman–Crippen MR) is 83.1 cm³/mol. The van der Waals surface area contributed by atoms with E-state index >= 15 is 0 Å². The van der Waals surface area contributed by atoms with E-state index in [0.29, 0.717) is 17.8 Å². The second-order valence-electron chi connectivity index (χ2n) is 4.63. The first-order valence-electron chi connectivity index (χ1n) is 7.04. The number of nitrogens with zero attached hydrogens (tertiary/aromatic N) is 7. The Hall–Kier alpha value is -1.90. The number of nitrogens with one attached hydrogen (secondary N) is 1. The van der Waals surface area contributed by atoms with Gasteiger partial charge in [0.05, 0.1) is 0 Å². The van der Waals surface area contributed by atoms with Crippen LogP contribution in [0.1, 0.15) is 13.3 Å². The van der Waals surface area contributed by atoms with Gasteiger partial charge in [-0.15, -0.1) is 0 Å². The molecule has 0 aliphatic carbocycles. The maximum Gasteiger partial charge on any atom is 0.258 e. The zero-order valence-electron chi connectivity index (χ0n) is 11.9. The number of hydrogen-bond acceptors (Lipinski definition) is 8. The van der Waals surface area contributed by atoms with Crippen LogP contribution in [0.3, 0.4) is 0 Å². The summed E-state index contributed by atoms with van der Waals surface area (Å²) in [4.78, 5) is 19.6. The van der Waals surface area contributed by atoms with Gasteiger partial charge in [-0.05, 0) is 6.42 Å². The first kappa shape index (κ1) is 14.1. The summed E-state index contributed by atoms with van der Waals surface area (Å²) in [6, 6.07) is 0. The second-order valence-corrected chi connectivity index (χ2v) is 5.85. The van der Waals surface area contributed by atoms with Gasteiger partial charge in [0.15, 0.2) is 0 Å². The summed E-state index contributed by atoms with van der Waals surface area (Å²) in [5.41, 5.74) is 0. The van der Waals surface area contributed by atoms with Gasteiger partial charge in [0.25, 0.3) is 5.95 Å². The maximum atomic E-state index is 4.53. The van der Waals surface area contributed by atoms with Crippen molar-refractivity contribution in [2.45, 2.75) is 13.3 Å². The first-order valence-corrected chi connectivity index (χ1v) is 8.20. The van der Waals surface area contributed by atoms with E-state index in [4.69, 9.17) is 0 Å². The zero-order chi connectivity index (χ0) is 14.5. The number of thioether (sulfide) groups is 1. The Balaban J connectivity index is 1.92. The van der Waals surface area contributed by atoms with Crippen molar-refractivity contribution in [3.05, 3.63) is 12.7 Å². The molecule has 3 rings (SSSR count). The first-order chi connectivity index (χ1) is 10.4. The van der Waals surface area contributed by atoms with Crippen LogP contribution in [0, 0.1) is 0 Å². The van der Waals surface area contributed by atoms with Gasteiger partial charge in [-0.25, -0.2) is 4.98 Å². The molecule has 0 amide bonds. The molecule has 1 aliphatic heterocycles. The fourth-order valence-corrected chi connectivity index (χ4v) is 2.89. The molecule has 3 heterocycles. The van der Waals surface area contributed by atoms with Crippen molar-refractivity contribution >= 4 is 23.7 Å². The number of rotatable bonds is 5. The van der Waals surface area contributed by atoms with Crippen LogP contribution in [0.5, 0.6) is 0 Å². The van der Waals surface area contributed by atoms with E-state index < -0.39 is 0 Å². The molecule has 0 spiro atoms. The Morgan fingerprint density at radius 1 is 1.19 bits per heavy atom. The summed E-state index contributed by atoms with van der Waals surface area (Å²) in [7, 11) is 0. The molecular formula is C12H18N8S. The van der Waals surface area contributed by atoms with Gasteiger partial charge < -0.3 is 10.2 Å². The van der Waals surface area contributed by atoms with Crippen LogP contribution in [0.2, 0.25) is 0 Å². The third-order valence-corrected chi connectivity index (χ3v) is 4.01. The number of aromatic nitrogens is 6. The molecule has 0 unspecified atom stereocenters. The van der Waals surface area contributed by atoms with Crippen molar-refractivity contribution in [2.24, 2.45) is 0 Å². The lowest BCUT2D eigenvalue weighted by Gasteiger charge is -2.26. The highest BCUT2D eigenvalue weighted by Crippen LogP contribution is 2.17. The molecule has 2 aromatic rings. The monoisotopic (exact) mass is 306 g/mol. The quantitative estimate of drug-likeness (QED) is 0.869. The van der Waals surface area contributed by atoms with Crippen LogP contribution in [0.25, 0.3) is 5.95 Å². The lowest BCUT2D eigenvalue weighted by atomic mass is 10.5. The molecule has 0 aromatic carbocycles. The van der Waals surface area contributed by atoms with Crippen LogP contribution in [0.4, 0.5) is 11.9 Å². The van der Waals surface area contributed by atoms with Gasteiger partial charge in [0.1, 0.15) is 12.7 Å². The highest BCUT2D eigenvalue weighted by atomic mass is 32.2. The average Bonchev–Trinajstić information content (AvgIpc) is 3.08. The summed E-state index contributed by atoms with van der Waals surface area (Å²) in [6.07, 6.45) is 4.08. The van der Waals surface area contributed by atoms with Gasteiger partial charge in [-0.1, -0.05) is 6.92 Å². The summed E-state index contributed by atoms with van der Waals surface area (Å²) < 4.78 is 1.56. The fourth-order valence-electron chi connectivity index (χ4n) is 1.99. The Labute approximate surface area is 127 Å². The molecule has 2 aromatic heterocycles. The minimum absolute atomic E-state index is 0.495. The predicted octanol–water partition coefficient (Wildman–Crippen LogP) is 0.827. The van der Waals surface area contributed by atoms with E-state index in [-0.39, 0.29) is 0 Å². The van der Waals surface area contributed by atoms with Crippen LogP contribution < -0.4 is 10.2 Å². The third-order valence-electron chi connectivity index (χ3n) is 3.06. The van der Waals surface area contributed by atoms with E-state index in [2.05, 4.69) is 42.2 Å². The largest absolute Gasteiger partial charge is 0.354 e. The Bertz CT molecular complexity index is 567. The molecule has 1 aliphatic rings. The van der Waals surface area contributed by atoms with Crippen LogP contribution in [0.15, 0.2) is 12.7 Å². The SMILES string of the molecule is CCCNc1nc(N2CCSCC2)nc(-n2cncn2)n1. The number of hydrogen-bond donors (Lipinski definition) is 1. The van der Waals surface area contributed by atoms with Crippen molar-refractivity contribution < 1.29 is 0 Å². The van der Waals surface area contributed by atoms with E-state index in [0.717, 1.165) is 37.6 Å². The fraction of sp³-hybridized carbons (Fsp3) is 0.583. The Morgan fingerprint density at radius 3 is 2.71 bits per heavy atom. The van der Waals surface area contributed by atoms with Crippen molar-refractivity contribution in [2.75, 3.05) is 41.4 Å². The lowest BCUT2D eigenvalue weighted by Crippen LogP contribution is -2.34. The Kier molecular flexibility index (Phi) is 4.49. The maximum absolute atomic E-state index is 4.53. The molecule has 0 atom stereocenters. The molecule has 1 fully saturated rings. The summed E-state index contributed by atoms with van der Waals surface area (Å²) in [5, 5.41) is 7.32. The van der Waals surface area contributed by atoms with E-state index in [1.807, 2.05) is 11.8 Å². The van der Waals surface area contributed by atoms with Crippen molar-refractivity contribution in [1.29, 1.82) is 0 Å². The van der Waals surface area contributed by atoms with Crippen molar-refractivity contribution in [3.8, 4) is 5.95 Å². The smallest absolute Gasteiger partial charge is 0.258 e. The third kappa shape index (κ3) is 3.41. The van der Waals surface area contributed by atoms with E-state index in [1.54, 1.807) is 11.0 Å². The molecule has 0 bridgehead atoms. The normalized spacial score (nSPS) is 15.2. The van der Waals surface area contributed by atoms with E-state index in [9.17, 15) is 0 Å². The molecule has 0 saturated carbocycles. The standard InChI is InChI=1S/C12H18N8S/c1-2-3-14-10-16-11(19-4-6-21-7-5-19)18-12(17-10)20-9-13-8-15-20/h8-9H,2-7H2,1H3,(H,14,16,17,18). The molecule has 1 saturated heterocycles. The summed E-state index contributed by atoms with van der Waals surface area (Å²) in [5.74, 6) is 3.98. The van der Waals surface area contributed by atoms with Gasteiger partial charge in [-0.2, -0.15) is 36.5 Å². The molecule has 8 nitrogen and oxygen atoms in total. The Morgan fingerprint density at radius 2 is 2.00 bits per heavy atom. The molecule has 21 heavy (non-hydrogen) atoms. The van der Waals surface area contributed by atoms with Crippen LogP contribution >= 0.6 is 11.8 Å². The molecule has 1 N–H and O–H groups in total. The molecule has 112 valence electrons. The second kappa shape index (κ2) is 6.70. The topological polar surface area (TPSA) is 84.7 Å². The van der Waals surface area contributed by atoms with Crippen LogP contribution in [-0.2, 0) is 0 Å². The van der Waals surface area contributed by atoms with Crippen molar-refractivity contribution in [1.82, 2.24) is 29.7 Å². The van der Waals surface area contributed by atoms with Crippen LogP contribution in [-0.4, -0.2) is 60.9 Å². The summed E-state index contributed by atoms with van der Waals surface area (Å²) in [6.45, 7) is 4.85. The van der Waals surface area contributed by atoms with Gasteiger partial charge in [0, 0.05) is 31.1 Å². The van der Waals surface area contributed by atoms with Gasteiger partial charge in [0.2, 0.25) is 11.9 Å². The molecule has 9 heteroatoms. The number of anilines is 2. The average molecular weight is 306 g/mol. The van der Waals surface area contributed by atoms with Gasteiger partial charge >= 0.3 is 0 Å². The molecule has 0 radical (unpaired) electrons. The van der Waals surface area contributed by atoms with E-state index in [1.165, 1.54) is 6.33 Å². The highest BCUT2D eigenvalue weighted by molar-refractivity contribution is 7.99. The zero-order valence-corrected chi connectivity index (χ0v) is 12.8. The molecular weight excluding hydrogens is 288 g/mol. The summed E-state index contributed by atoms with van der Waals surface area (Å²) >= 11 is 1.96. The highest BCUT2D eigenvalue weighted by Gasteiger charge is 2.17. The minimum Gasteiger partial charge on any atom is -0.354 e. The van der Waals surface area contributed by atoms with Crippen molar-refractivity contribution in [3.63, 3.8) is 0 Å². The van der Waals surface area contributed by atoms with Gasteiger partial charge in [-0.3, -0.25) is 0 Å².